The number of nitrogens with zero attached hydrogens (tertiary/aromatic N) is 3. The van der Waals surface area contributed by atoms with Crippen LogP contribution < -0.4 is 10.6 Å². The molecule has 0 unspecified atom stereocenters. The van der Waals surface area contributed by atoms with Crippen molar-refractivity contribution in [3.63, 3.8) is 0 Å². The number of hydrogen-bond donors (Lipinski definition) is 1. The number of aryl methyl sites for hydroxylation is 1. The van der Waals surface area contributed by atoms with E-state index in [1.54, 1.807) is 0 Å². The lowest BCUT2D eigenvalue weighted by Crippen LogP contribution is -2.42. The summed E-state index contributed by atoms with van der Waals surface area (Å²) in [4.78, 5) is 11.2. The number of piperidine rings is 1. The third-order valence-electron chi connectivity index (χ3n) is 4.68. The number of anilines is 1. The van der Waals surface area contributed by atoms with Crippen molar-refractivity contribution >= 4 is 36.4 Å². The summed E-state index contributed by atoms with van der Waals surface area (Å²) in [6, 6.07) is 0. The van der Waals surface area contributed by atoms with Gasteiger partial charge in [0.1, 0.15) is 0 Å². The molecule has 0 amide bonds. The number of rotatable bonds is 5. The maximum Gasteiger partial charge on any atom is 0.225 e. The van der Waals surface area contributed by atoms with Crippen LogP contribution >= 0.6 is 30.4 Å². The Morgan fingerprint density at radius 2 is 1.91 bits per heavy atom. The highest BCUT2D eigenvalue weighted by molar-refractivity contribution is 14.2. The molecule has 23 heavy (non-hydrogen) atoms. The van der Waals surface area contributed by atoms with Gasteiger partial charge in [-0.25, -0.2) is 9.97 Å². The van der Waals surface area contributed by atoms with E-state index in [1.165, 1.54) is 40.5 Å². The van der Waals surface area contributed by atoms with Crippen LogP contribution in [0, 0.1) is 5.92 Å². The molecule has 1 aromatic rings. The van der Waals surface area contributed by atoms with E-state index in [0.29, 0.717) is 5.92 Å². The third-order valence-corrected chi connectivity index (χ3v) is 5.77. The predicted molar refractivity (Wildman–Crippen MR) is 106 cm³/mol. The van der Waals surface area contributed by atoms with Crippen molar-refractivity contribution in [2.24, 2.45) is 11.7 Å². The summed E-state index contributed by atoms with van der Waals surface area (Å²) in [5, 5.41) is 0. The van der Waals surface area contributed by atoms with Crippen LogP contribution in [0.2, 0.25) is 0 Å². The van der Waals surface area contributed by atoms with Gasteiger partial charge >= 0.3 is 0 Å². The van der Waals surface area contributed by atoms with Crippen LogP contribution in [-0.4, -0.2) is 35.2 Å². The summed E-state index contributed by atoms with van der Waals surface area (Å²) in [6.07, 6.45) is 9.71. The van der Waals surface area contributed by atoms with Gasteiger partial charge in [0, 0.05) is 52.2 Å². The molecule has 1 aromatic heterocycles. The minimum atomic E-state index is 0.180. The first-order valence-corrected chi connectivity index (χ1v) is 11.7. The van der Waals surface area contributed by atoms with Gasteiger partial charge in [0.25, 0.3) is 0 Å². The van der Waals surface area contributed by atoms with E-state index in [1.807, 2.05) is 19.3 Å². The van der Waals surface area contributed by atoms with E-state index >= 15 is 0 Å². The smallest absolute Gasteiger partial charge is 0.225 e. The van der Waals surface area contributed by atoms with Crippen molar-refractivity contribution < 1.29 is 4.18 Å². The second-order valence-corrected chi connectivity index (χ2v) is 7.65. The molecule has 1 saturated heterocycles. The van der Waals surface area contributed by atoms with Gasteiger partial charge in [-0.15, -0.1) is 0 Å². The summed E-state index contributed by atoms with van der Waals surface area (Å²) >= 11 is 2.08. The normalized spacial score (nSPS) is 19.9. The molecule has 0 aromatic carbocycles. The Hall–Kier alpha value is -0.120. The first-order chi connectivity index (χ1) is 11.1. The molecule has 2 aliphatic rings. The van der Waals surface area contributed by atoms with Gasteiger partial charge in [-0.3, -0.25) is 0 Å². The summed E-state index contributed by atoms with van der Waals surface area (Å²) in [7, 11) is 1.37. The molecule has 2 fully saturated rings. The molecular weight excluding hydrogens is 423 g/mol. The molecule has 2 N–H and O–H groups in total. The fraction of sp³-hybridized carbons (Fsp3) is 0.750. The Kier molecular flexibility index (Phi) is 7.84. The first-order valence-electron chi connectivity index (χ1n) is 8.38. The highest BCUT2D eigenvalue weighted by Gasteiger charge is 2.46. The second kappa shape index (κ2) is 9.39. The fourth-order valence-electron chi connectivity index (χ4n) is 2.95. The van der Waals surface area contributed by atoms with Crippen molar-refractivity contribution in [2.45, 2.75) is 51.5 Å². The van der Waals surface area contributed by atoms with Gasteiger partial charge in [-0.05, 0) is 50.5 Å². The Bertz CT molecular complexity index is 460. The maximum absolute atomic E-state index is 6.29. The highest BCUT2D eigenvalue weighted by Crippen LogP contribution is 2.44. The zero-order chi connectivity index (χ0) is 16.7. The molecule has 5 nitrogen and oxygen atoms in total. The zero-order valence-corrected chi connectivity index (χ0v) is 17.0. The van der Waals surface area contributed by atoms with Gasteiger partial charge in [-0.2, -0.15) is 0 Å². The van der Waals surface area contributed by atoms with Gasteiger partial charge in [0.05, 0.1) is 15.8 Å². The molecule has 0 atom stereocenters. The van der Waals surface area contributed by atoms with Crippen LogP contribution in [0.1, 0.15) is 45.1 Å². The number of hydrogen-bond acceptors (Lipinski definition) is 6. The lowest BCUT2D eigenvalue weighted by atomic mass is 9.88. The van der Waals surface area contributed by atoms with Crippen LogP contribution in [0.25, 0.3) is 0 Å². The van der Waals surface area contributed by atoms with Crippen molar-refractivity contribution in [3.8, 4) is 0 Å². The SMILES string of the molecule is CCOSI.CCc1cnc(N2CCC(C3(N)CC3)CC2)nc1. The largest absolute Gasteiger partial charge is 0.341 e. The monoisotopic (exact) mass is 450 g/mol. The van der Waals surface area contributed by atoms with Gasteiger partial charge in [0.15, 0.2) is 0 Å². The van der Waals surface area contributed by atoms with Crippen molar-refractivity contribution in [2.75, 3.05) is 24.6 Å². The Morgan fingerprint density at radius 1 is 1.30 bits per heavy atom. The Labute approximate surface area is 155 Å². The molecule has 2 heterocycles. The van der Waals surface area contributed by atoms with E-state index in [2.05, 4.69) is 43.0 Å². The van der Waals surface area contributed by atoms with Crippen LogP contribution in [0.5, 0.6) is 0 Å². The summed E-state index contributed by atoms with van der Waals surface area (Å²) in [5.41, 5.74) is 7.67. The minimum absolute atomic E-state index is 0.180. The number of halogens is 1. The quantitative estimate of drug-likeness (QED) is 0.545. The predicted octanol–water partition coefficient (Wildman–Crippen LogP) is 3.77. The topological polar surface area (TPSA) is 64.3 Å². The molecule has 1 saturated carbocycles. The van der Waals surface area contributed by atoms with Crippen LogP contribution in [-0.2, 0) is 10.6 Å². The summed E-state index contributed by atoms with van der Waals surface area (Å²) < 4.78 is 4.74. The molecule has 1 aliphatic carbocycles. The molecule has 0 spiro atoms. The fourth-order valence-corrected chi connectivity index (χ4v) is 3.80. The van der Waals surface area contributed by atoms with E-state index < -0.39 is 0 Å². The molecule has 3 rings (SSSR count). The Balaban J connectivity index is 0.000000338. The zero-order valence-electron chi connectivity index (χ0n) is 14.0. The van der Waals surface area contributed by atoms with E-state index in [0.717, 1.165) is 32.1 Å². The second-order valence-electron chi connectivity index (χ2n) is 6.21. The minimum Gasteiger partial charge on any atom is -0.341 e. The maximum atomic E-state index is 6.29. The van der Waals surface area contributed by atoms with Crippen molar-refractivity contribution in [1.29, 1.82) is 0 Å². The summed E-state index contributed by atoms with van der Waals surface area (Å²) in [5.74, 6) is 1.59. The van der Waals surface area contributed by atoms with Crippen LogP contribution in [0.3, 0.4) is 0 Å². The standard InChI is InChI=1S/C14H22N4.C2H5IOS/c1-2-11-9-16-13(17-10-11)18-7-3-12(4-8-18)14(15)5-6-14;1-2-4-5-3/h9-10,12H,2-8,15H2,1H3;2H2,1H3. The van der Waals surface area contributed by atoms with Gasteiger partial charge in [-0.1, -0.05) is 6.92 Å². The number of aromatic nitrogens is 2. The van der Waals surface area contributed by atoms with E-state index in [-0.39, 0.29) is 5.54 Å². The first kappa shape index (κ1) is 19.2. The average Bonchev–Trinajstić information content (AvgIpc) is 3.35. The third kappa shape index (κ3) is 5.72. The lowest BCUT2D eigenvalue weighted by Gasteiger charge is -2.34. The van der Waals surface area contributed by atoms with Crippen LogP contribution in [0.15, 0.2) is 12.4 Å². The molecular formula is C16H27IN4OS. The number of nitrogens with two attached hydrogens (primary N) is 1. The summed E-state index contributed by atoms with van der Waals surface area (Å²) in [6.45, 7) is 6.99. The van der Waals surface area contributed by atoms with Crippen molar-refractivity contribution in [3.05, 3.63) is 18.0 Å². The molecule has 0 bridgehead atoms. The van der Waals surface area contributed by atoms with E-state index in [9.17, 15) is 0 Å². The molecule has 7 heteroatoms. The highest BCUT2D eigenvalue weighted by atomic mass is 127. The molecule has 1 aliphatic heterocycles. The lowest BCUT2D eigenvalue weighted by molar-refractivity contribution is 0.323. The van der Waals surface area contributed by atoms with Gasteiger partial charge in [0.2, 0.25) is 5.95 Å². The van der Waals surface area contributed by atoms with Crippen LogP contribution in [0.4, 0.5) is 5.95 Å². The Morgan fingerprint density at radius 3 is 2.30 bits per heavy atom. The average molecular weight is 450 g/mol. The molecule has 0 radical (unpaired) electrons. The molecule has 130 valence electrons. The van der Waals surface area contributed by atoms with Gasteiger partial charge < -0.3 is 14.8 Å². The van der Waals surface area contributed by atoms with E-state index in [4.69, 9.17) is 9.92 Å². The van der Waals surface area contributed by atoms with Crippen molar-refractivity contribution in [1.82, 2.24) is 9.97 Å².